The van der Waals surface area contributed by atoms with Crippen LogP contribution in [0.3, 0.4) is 0 Å². The van der Waals surface area contributed by atoms with E-state index in [1.165, 1.54) is 30.3 Å². The molecule has 2 N–H and O–H groups in total. The molecule has 0 aliphatic heterocycles. The second-order valence-electron chi connectivity index (χ2n) is 4.68. The number of nitrogens with two attached hydrogens (primary N) is 1. The molecule has 108 valence electrons. The van der Waals surface area contributed by atoms with Crippen molar-refractivity contribution < 1.29 is 13.5 Å². The van der Waals surface area contributed by atoms with Gasteiger partial charge >= 0.3 is 0 Å². The number of nitriles is 1. The van der Waals surface area contributed by atoms with Crippen LogP contribution in [0.1, 0.15) is 24.2 Å². The second kappa shape index (κ2) is 6.33. The third kappa shape index (κ3) is 3.36. The predicted molar refractivity (Wildman–Crippen MR) is 74.5 cm³/mol. The zero-order chi connectivity index (χ0) is 15.4. The summed E-state index contributed by atoms with van der Waals surface area (Å²) in [4.78, 5) is 0. The molecule has 5 heteroatoms. The molecular weight excluding hydrogens is 274 g/mol. The Hall–Kier alpha value is -2.45. The zero-order valence-corrected chi connectivity index (χ0v) is 11.4. The Kier molecular flexibility index (Phi) is 4.51. The van der Waals surface area contributed by atoms with Crippen molar-refractivity contribution in [1.29, 1.82) is 5.26 Å². The number of halogens is 2. The minimum atomic E-state index is -0.686. The minimum absolute atomic E-state index is 0.0871. The SMILES string of the molecule is CC(N)C(Oc1cccc(F)c1C#N)c1cccc(F)c1. The van der Waals surface area contributed by atoms with Crippen LogP contribution in [0.5, 0.6) is 5.75 Å². The summed E-state index contributed by atoms with van der Waals surface area (Å²) >= 11 is 0. The highest BCUT2D eigenvalue weighted by Gasteiger charge is 2.21. The molecule has 0 aliphatic carbocycles. The second-order valence-corrected chi connectivity index (χ2v) is 4.68. The van der Waals surface area contributed by atoms with Gasteiger partial charge < -0.3 is 10.5 Å². The average molecular weight is 288 g/mol. The number of nitrogens with zero attached hydrogens (tertiary/aromatic N) is 1. The van der Waals surface area contributed by atoms with Gasteiger partial charge in [-0.05, 0) is 36.8 Å². The first-order valence-corrected chi connectivity index (χ1v) is 6.39. The summed E-state index contributed by atoms with van der Waals surface area (Å²) in [5.41, 5.74) is 6.20. The van der Waals surface area contributed by atoms with Crippen LogP contribution in [-0.4, -0.2) is 6.04 Å². The van der Waals surface area contributed by atoms with Crippen LogP contribution in [0, 0.1) is 23.0 Å². The lowest BCUT2D eigenvalue weighted by Crippen LogP contribution is -2.29. The Morgan fingerprint density at radius 3 is 2.52 bits per heavy atom. The van der Waals surface area contributed by atoms with Crippen molar-refractivity contribution in [2.75, 3.05) is 0 Å². The molecule has 3 nitrogen and oxygen atoms in total. The molecule has 0 bridgehead atoms. The maximum Gasteiger partial charge on any atom is 0.144 e. The van der Waals surface area contributed by atoms with Crippen LogP contribution in [0.2, 0.25) is 0 Å². The number of benzene rings is 2. The van der Waals surface area contributed by atoms with Crippen LogP contribution in [-0.2, 0) is 0 Å². The topological polar surface area (TPSA) is 59.0 Å². The maximum atomic E-state index is 13.6. The number of rotatable bonds is 4. The standard InChI is InChI=1S/C16H14F2N2O/c1-10(20)16(11-4-2-5-12(17)8-11)21-15-7-3-6-14(18)13(15)9-19/h2-8,10,16H,20H2,1H3. The molecule has 0 aliphatic rings. The number of hydrogen-bond acceptors (Lipinski definition) is 3. The van der Waals surface area contributed by atoms with E-state index in [2.05, 4.69) is 0 Å². The van der Waals surface area contributed by atoms with E-state index in [9.17, 15) is 8.78 Å². The summed E-state index contributed by atoms with van der Waals surface area (Å²) in [6.45, 7) is 1.70. The van der Waals surface area contributed by atoms with Crippen molar-refractivity contribution in [2.24, 2.45) is 5.73 Å². The summed E-state index contributed by atoms with van der Waals surface area (Å²) in [5.74, 6) is -0.997. The van der Waals surface area contributed by atoms with E-state index in [0.717, 1.165) is 0 Å². The van der Waals surface area contributed by atoms with E-state index in [-0.39, 0.29) is 11.3 Å². The quantitative estimate of drug-likeness (QED) is 0.939. The van der Waals surface area contributed by atoms with Gasteiger partial charge in [0.2, 0.25) is 0 Å². The van der Waals surface area contributed by atoms with E-state index in [0.29, 0.717) is 5.56 Å². The summed E-state index contributed by atoms with van der Waals surface area (Å²) < 4.78 is 32.6. The van der Waals surface area contributed by atoms with Gasteiger partial charge in [-0.1, -0.05) is 18.2 Å². The minimum Gasteiger partial charge on any atom is -0.483 e. The summed E-state index contributed by atoms with van der Waals surface area (Å²) in [6.07, 6.45) is -0.686. The first-order valence-electron chi connectivity index (χ1n) is 6.39. The highest BCUT2D eigenvalue weighted by Crippen LogP contribution is 2.28. The molecule has 0 heterocycles. The maximum absolute atomic E-state index is 13.6. The van der Waals surface area contributed by atoms with Crippen molar-refractivity contribution in [3.05, 3.63) is 65.2 Å². The average Bonchev–Trinajstić information content (AvgIpc) is 2.44. The first-order chi connectivity index (χ1) is 10.0. The summed E-state index contributed by atoms with van der Waals surface area (Å²) in [5, 5.41) is 9.00. The molecular formula is C16H14F2N2O. The van der Waals surface area contributed by atoms with Crippen LogP contribution in [0.25, 0.3) is 0 Å². The fourth-order valence-electron chi connectivity index (χ4n) is 2.01. The van der Waals surface area contributed by atoms with Gasteiger partial charge in [-0.3, -0.25) is 0 Å². The molecule has 0 spiro atoms. The van der Waals surface area contributed by atoms with E-state index in [1.54, 1.807) is 25.1 Å². The molecule has 0 saturated heterocycles. The van der Waals surface area contributed by atoms with Gasteiger partial charge in [0.1, 0.15) is 35.1 Å². The molecule has 0 fully saturated rings. The number of hydrogen-bond donors (Lipinski definition) is 1. The highest BCUT2D eigenvalue weighted by molar-refractivity contribution is 5.44. The summed E-state index contributed by atoms with van der Waals surface area (Å²) in [6, 6.07) is 11.2. The smallest absolute Gasteiger partial charge is 0.144 e. The molecule has 2 aromatic carbocycles. The van der Waals surface area contributed by atoms with Gasteiger partial charge in [0.25, 0.3) is 0 Å². The van der Waals surface area contributed by atoms with E-state index in [4.69, 9.17) is 15.7 Å². The van der Waals surface area contributed by atoms with Crippen molar-refractivity contribution >= 4 is 0 Å². The molecule has 2 atom stereocenters. The van der Waals surface area contributed by atoms with Crippen LogP contribution in [0.4, 0.5) is 8.78 Å². The number of ether oxygens (including phenoxy) is 1. The zero-order valence-electron chi connectivity index (χ0n) is 11.4. The normalized spacial score (nSPS) is 13.3. The fraction of sp³-hybridized carbons (Fsp3) is 0.188. The van der Waals surface area contributed by atoms with Crippen molar-refractivity contribution in [1.82, 2.24) is 0 Å². The van der Waals surface area contributed by atoms with E-state index in [1.807, 2.05) is 0 Å². The molecule has 21 heavy (non-hydrogen) atoms. The molecule has 0 aromatic heterocycles. The van der Waals surface area contributed by atoms with Gasteiger partial charge in [0.05, 0.1) is 0 Å². The van der Waals surface area contributed by atoms with Gasteiger partial charge in [-0.25, -0.2) is 8.78 Å². The van der Waals surface area contributed by atoms with E-state index >= 15 is 0 Å². The largest absolute Gasteiger partial charge is 0.483 e. The van der Waals surface area contributed by atoms with Crippen LogP contribution >= 0.6 is 0 Å². The molecule has 0 radical (unpaired) electrons. The molecule has 2 aromatic rings. The molecule has 0 amide bonds. The van der Waals surface area contributed by atoms with Crippen molar-refractivity contribution in [3.8, 4) is 11.8 Å². The van der Waals surface area contributed by atoms with Crippen molar-refractivity contribution in [3.63, 3.8) is 0 Å². The third-order valence-electron chi connectivity index (χ3n) is 3.00. The first kappa shape index (κ1) is 14.9. The summed E-state index contributed by atoms with van der Waals surface area (Å²) in [7, 11) is 0. The Morgan fingerprint density at radius 2 is 1.90 bits per heavy atom. The fourth-order valence-corrected chi connectivity index (χ4v) is 2.01. The Morgan fingerprint density at radius 1 is 1.19 bits per heavy atom. The lowest BCUT2D eigenvalue weighted by Gasteiger charge is -2.23. The monoisotopic (exact) mass is 288 g/mol. The Labute approximate surface area is 121 Å². The lowest BCUT2D eigenvalue weighted by atomic mass is 10.0. The van der Waals surface area contributed by atoms with Crippen LogP contribution < -0.4 is 10.5 Å². The van der Waals surface area contributed by atoms with Gasteiger partial charge in [-0.2, -0.15) is 5.26 Å². The van der Waals surface area contributed by atoms with Crippen molar-refractivity contribution in [2.45, 2.75) is 19.1 Å². The van der Waals surface area contributed by atoms with Gasteiger partial charge in [0.15, 0.2) is 0 Å². The molecule has 2 unspecified atom stereocenters. The molecule has 2 rings (SSSR count). The Balaban J connectivity index is 2.39. The highest BCUT2D eigenvalue weighted by atomic mass is 19.1. The third-order valence-corrected chi connectivity index (χ3v) is 3.00. The predicted octanol–water partition coefficient (Wildman–Crippen LogP) is 3.30. The Bertz CT molecular complexity index is 680. The lowest BCUT2D eigenvalue weighted by molar-refractivity contribution is 0.179. The molecule has 0 saturated carbocycles. The van der Waals surface area contributed by atoms with Gasteiger partial charge in [-0.15, -0.1) is 0 Å². The van der Waals surface area contributed by atoms with Crippen LogP contribution in [0.15, 0.2) is 42.5 Å². The van der Waals surface area contributed by atoms with Gasteiger partial charge in [0, 0.05) is 6.04 Å². The van der Waals surface area contributed by atoms with E-state index < -0.39 is 23.8 Å².